The van der Waals surface area contributed by atoms with E-state index in [0.29, 0.717) is 6.07 Å². The zero-order valence-electron chi connectivity index (χ0n) is 8.37. The molecule has 1 heterocycles. The van der Waals surface area contributed by atoms with Crippen molar-refractivity contribution in [1.82, 2.24) is 15.4 Å². The highest BCUT2D eigenvalue weighted by Crippen LogP contribution is 2.16. The van der Waals surface area contributed by atoms with Crippen LogP contribution in [0.1, 0.15) is 10.5 Å². The SMILES string of the molecule is Nc1n[nH]nc1C(=O)Nc1ccc(F)cc1F. The summed E-state index contributed by atoms with van der Waals surface area (Å²) < 4.78 is 25.8. The number of amides is 1. The van der Waals surface area contributed by atoms with Crippen LogP contribution in [0, 0.1) is 11.6 Å². The molecule has 0 fully saturated rings. The van der Waals surface area contributed by atoms with E-state index in [1.54, 1.807) is 0 Å². The number of carbonyl (C=O) groups is 1. The maximum atomic E-state index is 13.2. The van der Waals surface area contributed by atoms with Gasteiger partial charge >= 0.3 is 0 Å². The Morgan fingerprint density at radius 2 is 2.12 bits per heavy atom. The van der Waals surface area contributed by atoms with Crippen LogP contribution < -0.4 is 11.1 Å². The highest BCUT2D eigenvalue weighted by molar-refractivity contribution is 6.05. The molecule has 6 nitrogen and oxygen atoms in total. The molecule has 0 aliphatic heterocycles. The van der Waals surface area contributed by atoms with Crippen molar-refractivity contribution in [3.8, 4) is 0 Å². The second-order valence-corrected chi connectivity index (χ2v) is 3.14. The molecule has 2 aromatic rings. The first-order valence-corrected chi connectivity index (χ1v) is 4.50. The maximum absolute atomic E-state index is 13.2. The van der Waals surface area contributed by atoms with Crippen LogP contribution in [-0.2, 0) is 0 Å². The minimum Gasteiger partial charge on any atom is -0.380 e. The standard InChI is InChI=1S/C9H7F2N5O/c10-4-1-2-6(5(11)3-4)13-9(17)7-8(12)15-16-14-7/h1-3H,(H,13,17)(H3,12,14,15,16). The molecule has 1 aromatic heterocycles. The largest absolute Gasteiger partial charge is 0.380 e. The van der Waals surface area contributed by atoms with Crippen molar-refractivity contribution in [1.29, 1.82) is 0 Å². The molecule has 17 heavy (non-hydrogen) atoms. The van der Waals surface area contributed by atoms with Crippen LogP contribution >= 0.6 is 0 Å². The molecule has 0 aliphatic rings. The van der Waals surface area contributed by atoms with Gasteiger partial charge in [0.2, 0.25) is 0 Å². The fraction of sp³-hybridized carbons (Fsp3) is 0. The molecule has 0 radical (unpaired) electrons. The zero-order chi connectivity index (χ0) is 12.4. The van der Waals surface area contributed by atoms with E-state index in [4.69, 9.17) is 5.73 Å². The monoisotopic (exact) mass is 239 g/mol. The summed E-state index contributed by atoms with van der Waals surface area (Å²) in [6.45, 7) is 0. The van der Waals surface area contributed by atoms with Gasteiger partial charge in [0, 0.05) is 6.07 Å². The van der Waals surface area contributed by atoms with Gasteiger partial charge in [0.1, 0.15) is 11.6 Å². The number of nitrogens with two attached hydrogens (primary N) is 1. The predicted octanol–water partition coefficient (Wildman–Crippen LogP) is 0.917. The summed E-state index contributed by atoms with van der Waals surface area (Å²) in [4.78, 5) is 11.6. The van der Waals surface area contributed by atoms with Gasteiger partial charge in [0.25, 0.3) is 5.91 Å². The normalized spacial score (nSPS) is 10.2. The first-order chi connectivity index (χ1) is 8.08. The third-order valence-electron chi connectivity index (χ3n) is 1.97. The Bertz CT molecular complexity index is 568. The van der Waals surface area contributed by atoms with E-state index >= 15 is 0 Å². The highest BCUT2D eigenvalue weighted by atomic mass is 19.1. The van der Waals surface area contributed by atoms with Gasteiger partial charge in [-0.1, -0.05) is 0 Å². The second kappa shape index (κ2) is 4.16. The lowest BCUT2D eigenvalue weighted by molar-refractivity contribution is 0.102. The van der Waals surface area contributed by atoms with Crippen LogP contribution in [0.5, 0.6) is 0 Å². The summed E-state index contributed by atoms with van der Waals surface area (Å²) in [6.07, 6.45) is 0. The number of aromatic nitrogens is 3. The molecular weight excluding hydrogens is 232 g/mol. The summed E-state index contributed by atoms with van der Waals surface area (Å²) in [5, 5.41) is 11.3. The summed E-state index contributed by atoms with van der Waals surface area (Å²) in [7, 11) is 0. The first kappa shape index (κ1) is 11.0. The number of halogens is 2. The Balaban J connectivity index is 2.22. The third-order valence-corrected chi connectivity index (χ3v) is 1.97. The lowest BCUT2D eigenvalue weighted by Crippen LogP contribution is -2.15. The molecule has 8 heteroatoms. The second-order valence-electron chi connectivity index (χ2n) is 3.14. The van der Waals surface area contributed by atoms with E-state index in [0.717, 1.165) is 12.1 Å². The van der Waals surface area contributed by atoms with E-state index in [-0.39, 0.29) is 17.2 Å². The number of carbonyl (C=O) groups excluding carboxylic acids is 1. The molecule has 0 saturated heterocycles. The van der Waals surface area contributed by atoms with E-state index in [2.05, 4.69) is 20.7 Å². The highest BCUT2D eigenvalue weighted by Gasteiger charge is 2.15. The fourth-order valence-electron chi connectivity index (χ4n) is 1.18. The quantitative estimate of drug-likeness (QED) is 0.725. The number of aromatic amines is 1. The molecule has 0 bridgehead atoms. The molecular formula is C9H7F2N5O. The van der Waals surface area contributed by atoms with Gasteiger partial charge < -0.3 is 11.1 Å². The molecule has 4 N–H and O–H groups in total. The number of nitrogen functional groups attached to an aromatic ring is 1. The lowest BCUT2D eigenvalue weighted by Gasteiger charge is -2.04. The Morgan fingerprint density at radius 3 is 2.71 bits per heavy atom. The molecule has 0 saturated carbocycles. The summed E-state index contributed by atoms with van der Waals surface area (Å²) >= 11 is 0. The summed E-state index contributed by atoms with van der Waals surface area (Å²) in [5.41, 5.74) is 5.01. The van der Waals surface area contributed by atoms with Gasteiger partial charge in [-0.15, -0.1) is 10.2 Å². The predicted molar refractivity (Wildman–Crippen MR) is 55.1 cm³/mol. The molecule has 1 aromatic carbocycles. The van der Waals surface area contributed by atoms with Gasteiger partial charge in [-0.2, -0.15) is 5.21 Å². The zero-order valence-corrected chi connectivity index (χ0v) is 8.37. The maximum Gasteiger partial charge on any atom is 0.280 e. The fourth-order valence-corrected chi connectivity index (χ4v) is 1.18. The molecule has 0 unspecified atom stereocenters. The number of nitrogens with zero attached hydrogens (tertiary/aromatic N) is 2. The van der Waals surface area contributed by atoms with Crippen LogP contribution in [0.2, 0.25) is 0 Å². The Morgan fingerprint density at radius 1 is 1.35 bits per heavy atom. The van der Waals surface area contributed by atoms with Crippen LogP contribution in [0.25, 0.3) is 0 Å². The Labute approximate surface area is 93.8 Å². The van der Waals surface area contributed by atoms with Crippen molar-refractivity contribution in [2.75, 3.05) is 11.1 Å². The van der Waals surface area contributed by atoms with Gasteiger partial charge in [-0.3, -0.25) is 4.79 Å². The van der Waals surface area contributed by atoms with Gasteiger partial charge in [0.05, 0.1) is 5.69 Å². The van der Waals surface area contributed by atoms with Crippen LogP contribution in [0.4, 0.5) is 20.3 Å². The third kappa shape index (κ3) is 2.19. The first-order valence-electron chi connectivity index (χ1n) is 4.50. The molecule has 1 amide bonds. The topological polar surface area (TPSA) is 96.7 Å². The number of benzene rings is 1. The number of hydrogen-bond donors (Lipinski definition) is 3. The molecule has 0 spiro atoms. The van der Waals surface area contributed by atoms with E-state index in [1.807, 2.05) is 0 Å². The average molecular weight is 239 g/mol. The minimum atomic E-state index is -0.889. The van der Waals surface area contributed by atoms with Crippen LogP contribution in [0.3, 0.4) is 0 Å². The summed E-state index contributed by atoms with van der Waals surface area (Å²) in [5.74, 6) is -2.46. The van der Waals surface area contributed by atoms with Gasteiger partial charge in [0.15, 0.2) is 11.5 Å². The van der Waals surface area contributed by atoms with Gasteiger partial charge in [-0.25, -0.2) is 8.78 Å². The number of nitrogens with one attached hydrogen (secondary N) is 2. The number of H-pyrrole nitrogens is 1. The van der Waals surface area contributed by atoms with E-state index < -0.39 is 17.5 Å². The average Bonchev–Trinajstić information content (AvgIpc) is 2.68. The van der Waals surface area contributed by atoms with Crippen molar-refractivity contribution in [2.45, 2.75) is 0 Å². The molecule has 2 rings (SSSR count). The van der Waals surface area contributed by atoms with E-state index in [9.17, 15) is 13.6 Å². The van der Waals surface area contributed by atoms with E-state index in [1.165, 1.54) is 0 Å². The van der Waals surface area contributed by atoms with Crippen molar-refractivity contribution < 1.29 is 13.6 Å². The van der Waals surface area contributed by atoms with Gasteiger partial charge in [-0.05, 0) is 12.1 Å². The lowest BCUT2D eigenvalue weighted by atomic mass is 10.3. The molecule has 88 valence electrons. The van der Waals surface area contributed by atoms with Crippen molar-refractivity contribution in [3.05, 3.63) is 35.5 Å². The summed E-state index contributed by atoms with van der Waals surface area (Å²) in [6, 6.07) is 2.77. The van der Waals surface area contributed by atoms with Crippen molar-refractivity contribution in [3.63, 3.8) is 0 Å². The smallest absolute Gasteiger partial charge is 0.280 e. The van der Waals surface area contributed by atoms with Crippen LogP contribution in [-0.4, -0.2) is 21.3 Å². The number of rotatable bonds is 2. The number of anilines is 2. The molecule has 0 atom stereocenters. The Kier molecular flexibility index (Phi) is 2.69. The number of hydrogen-bond acceptors (Lipinski definition) is 4. The Hall–Kier alpha value is -2.51. The van der Waals surface area contributed by atoms with Crippen LogP contribution in [0.15, 0.2) is 18.2 Å². The van der Waals surface area contributed by atoms with Crippen molar-refractivity contribution >= 4 is 17.4 Å². The van der Waals surface area contributed by atoms with Crippen molar-refractivity contribution in [2.24, 2.45) is 0 Å². The minimum absolute atomic E-state index is 0.106. The molecule has 0 aliphatic carbocycles.